The normalized spacial score (nSPS) is 10.5. The third kappa shape index (κ3) is 2.55. The molecule has 0 saturated carbocycles. The summed E-state index contributed by atoms with van der Waals surface area (Å²) in [6.07, 6.45) is 0. The van der Waals surface area contributed by atoms with E-state index in [9.17, 15) is 4.79 Å². The van der Waals surface area contributed by atoms with Gasteiger partial charge in [-0.05, 0) is 18.2 Å². The molecule has 3 rings (SSSR count). The van der Waals surface area contributed by atoms with Crippen molar-refractivity contribution in [3.05, 3.63) is 53.4 Å². The number of thiophene rings is 1. The van der Waals surface area contributed by atoms with Crippen molar-refractivity contribution in [3.8, 4) is 5.75 Å². The van der Waals surface area contributed by atoms with Gasteiger partial charge in [-0.1, -0.05) is 18.2 Å². The molecule has 3 N–H and O–H groups in total. The number of rotatable bonds is 3. The van der Waals surface area contributed by atoms with Crippen molar-refractivity contribution in [2.75, 3.05) is 18.2 Å². The summed E-state index contributed by atoms with van der Waals surface area (Å²) >= 11 is 1.55. The maximum absolute atomic E-state index is 12.4. The molecule has 0 radical (unpaired) electrons. The third-order valence-electron chi connectivity index (χ3n) is 3.23. The number of nitrogens with one attached hydrogen (secondary N) is 1. The molecule has 21 heavy (non-hydrogen) atoms. The fraction of sp³-hybridized carbons (Fsp3) is 0.0625. The van der Waals surface area contributed by atoms with E-state index in [0.717, 1.165) is 10.1 Å². The molecule has 0 aliphatic rings. The number of anilines is 2. The minimum atomic E-state index is -0.163. The SMILES string of the molecule is COc1ccc(NC(=O)c2csc3ccccc23)c(N)c1. The predicted octanol–water partition coefficient (Wildman–Crippen LogP) is 3.74. The van der Waals surface area contributed by atoms with Crippen LogP contribution in [0.15, 0.2) is 47.8 Å². The lowest BCUT2D eigenvalue weighted by molar-refractivity contribution is 0.102. The van der Waals surface area contributed by atoms with Crippen molar-refractivity contribution >= 4 is 38.7 Å². The van der Waals surface area contributed by atoms with Crippen LogP contribution in [0.1, 0.15) is 10.4 Å². The van der Waals surface area contributed by atoms with E-state index in [2.05, 4.69) is 5.32 Å². The average molecular weight is 298 g/mol. The second-order valence-corrected chi connectivity index (χ2v) is 5.46. The molecule has 0 fully saturated rings. The summed E-state index contributed by atoms with van der Waals surface area (Å²) < 4.78 is 6.18. The van der Waals surface area contributed by atoms with Gasteiger partial charge >= 0.3 is 0 Å². The molecule has 0 bridgehead atoms. The molecule has 1 heterocycles. The van der Waals surface area contributed by atoms with Gasteiger partial charge < -0.3 is 15.8 Å². The lowest BCUT2D eigenvalue weighted by Gasteiger charge is -2.09. The number of methoxy groups -OCH3 is 1. The number of hydrogen-bond donors (Lipinski definition) is 2. The van der Waals surface area contributed by atoms with Crippen LogP contribution in [0.3, 0.4) is 0 Å². The molecule has 0 saturated heterocycles. The number of ether oxygens (including phenoxy) is 1. The van der Waals surface area contributed by atoms with E-state index in [-0.39, 0.29) is 5.91 Å². The Hall–Kier alpha value is -2.53. The molecule has 1 aromatic heterocycles. The van der Waals surface area contributed by atoms with Crippen molar-refractivity contribution in [3.63, 3.8) is 0 Å². The molecule has 0 aliphatic heterocycles. The van der Waals surface area contributed by atoms with Gasteiger partial charge in [-0.25, -0.2) is 0 Å². The van der Waals surface area contributed by atoms with Crippen LogP contribution in [-0.2, 0) is 0 Å². The fourth-order valence-corrected chi connectivity index (χ4v) is 3.07. The molecule has 0 spiro atoms. The van der Waals surface area contributed by atoms with Crippen LogP contribution in [-0.4, -0.2) is 13.0 Å². The molecule has 2 aromatic carbocycles. The van der Waals surface area contributed by atoms with Gasteiger partial charge in [0.25, 0.3) is 5.91 Å². The van der Waals surface area contributed by atoms with Crippen molar-refractivity contribution in [2.45, 2.75) is 0 Å². The van der Waals surface area contributed by atoms with Gasteiger partial charge in [0.2, 0.25) is 0 Å². The van der Waals surface area contributed by atoms with Gasteiger partial charge in [0.15, 0.2) is 0 Å². The number of amides is 1. The van der Waals surface area contributed by atoms with Crippen LogP contribution in [0.5, 0.6) is 5.75 Å². The maximum Gasteiger partial charge on any atom is 0.257 e. The van der Waals surface area contributed by atoms with Crippen LogP contribution in [0, 0.1) is 0 Å². The van der Waals surface area contributed by atoms with Crippen molar-refractivity contribution < 1.29 is 9.53 Å². The number of nitrogens with two attached hydrogens (primary N) is 1. The van der Waals surface area contributed by atoms with Gasteiger partial charge in [-0.2, -0.15) is 0 Å². The summed E-state index contributed by atoms with van der Waals surface area (Å²) in [5.74, 6) is 0.496. The molecule has 4 nitrogen and oxygen atoms in total. The highest BCUT2D eigenvalue weighted by Gasteiger charge is 2.13. The van der Waals surface area contributed by atoms with E-state index in [1.54, 1.807) is 36.6 Å². The van der Waals surface area contributed by atoms with E-state index in [0.29, 0.717) is 22.7 Å². The fourth-order valence-electron chi connectivity index (χ4n) is 2.12. The Morgan fingerprint density at radius 3 is 2.81 bits per heavy atom. The average Bonchev–Trinajstić information content (AvgIpc) is 2.93. The smallest absolute Gasteiger partial charge is 0.257 e. The Morgan fingerprint density at radius 1 is 1.24 bits per heavy atom. The summed E-state index contributed by atoms with van der Waals surface area (Å²) in [6.45, 7) is 0. The second-order valence-electron chi connectivity index (χ2n) is 4.55. The Morgan fingerprint density at radius 2 is 2.05 bits per heavy atom. The number of hydrogen-bond acceptors (Lipinski definition) is 4. The molecular weight excluding hydrogens is 284 g/mol. The molecule has 106 valence electrons. The highest BCUT2D eigenvalue weighted by molar-refractivity contribution is 7.17. The molecule has 3 aromatic rings. The monoisotopic (exact) mass is 298 g/mol. The lowest BCUT2D eigenvalue weighted by Crippen LogP contribution is -2.12. The van der Waals surface area contributed by atoms with E-state index in [1.165, 1.54) is 0 Å². The zero-order valence-electron chi connectivity index (χ0n) is 11.4. The number of carbonyl (C=O) groups is 1. The van der Waals surface area contributed by atoms with E-state index in [1.807, 2.05) is 29.6 Å². The predicted molar refractivity (Wildman–Crippen MR) is 87.2 cm³/mol. The summed E-state index contributed by atoms with van der Waals surface area (Å²) in [5.41, 5.74) is 7.63. The Labute approximate surface area is 126 Å². The van der Waals surface area contributed by atoms with E-state index >= 15 is 0 Å². The Kier molecular flexibility index (Phi) is 3.50. The largest absolute Gasteiger partial charge is 0.497 e. The molecule has 1 amide bonds. The third-order valence-corrected chi connectivity index (χ3v) is 4.20. The van der Waals surface area contributed by atoms with Gasteiger partial charge in [-0.15, -0.1) is 11.3 Å². The highest BCUT2D eigenvalue weighted by Crippen LogP contribution is 2.28. The summed E-state index contributed by atoms with van der Waals surface area (Å²) in [7, 11) is 1.57. The van der Waals surface area contributed by atoms with Gasteiger partial charge in [0.05, 0.1) is 24.0 Å². The van der Waals surface area contributed by atoms with Gasteiger partial charge in [0.1, 0.15) is 5.75 Å². The number of benzene rings is 2. The van der Waals surface area contributed by atoms with Crippen LogP contribution < -0.4 is 15.8 Å². The van der Waals surface area contributed by atoms with E-state index < -0.39 is 0 Å². The molecule has 0 unspecified atom stereocenters. The summed E-state index contributed by atoms with van der Waals surface area (Å²) in [5, 5.41) is 5.66. The van der Waals surface area contributed by atoms with Crippen molar-refractivity contribution in [2.24, 2.45) is 0 Å². The topological polar surface area (TPSA) is 64.3 Å². The molecule has 0 atom stereocenters. The minimum absolute atomic E-state index is 0.163. The first-order chi connectivity index (χ1) is 10.2. The van der Waals surface area contributed by atoms with Crippen LogP contribution in [0.4, 0.5) is 11.4 Å². The minimum Gasteiger partial charge on any atom is -0.497 e. The van der Waals surface area contributed by atoms with Gasteiger partial charge in [0, 0.05) is 21.5 Å². The van der Waals surface area contributed by atoms with Crippen LogP contribution in [0.25, 0.3) is 10.1 Å². The lowest BCUT2D eigenvalue weighted by atomic mass is 10.1. The van der Waals surface area contributed by atoms with Gasteiger partial charge in [-0.3, -0.25) is 4.79 Å². The number of fused-ring (bicyclic) bond motifs is 1. The molecule has 5 heteroatoms. The summed E-state index contributed by atoms with van der Waals surface area (Å²) in [6, 6.07) is 13.0. The van der Waals surface area contributed by atoms with Crippen LogP contribution >= 0.6 is 11.3 Å². The Balaban J connectivity index is 1.90. The molecular formula is C16H14N2O2S. The molecule has 0 aliphatic carbocycles. The zero-order chi connectivity index (χ0) is 14.8. The standard InChI is InChI=1S/C16H14N2O2S/c1-20-10-6-7-14(13(17)8-10)18-16(19)12-9-21-15-5-3-2-4-11(12)15/h2-9H,17H2,1H3,(H,18,19). The van der Waals surface area contributed by atoms with Crippen molar-refractivity contribution in [1.29, 1.82) is 0 Å². The number of nitrogen functional groups attached to an aromatic ring is 1. The quantitative estimate of drug-likeness (QED) is 0.724. The maximum atomic E-state index is 12.4. The number of carbonyl (C=O) groups excluding carboxylic acids is 1. The first-order valence-electron chi connectivity index (χ1n) is 6.40. The highest BCUT2D eigenvalue weighted by atomic mass is 32.1. The van der Waals surface area contributed by atoms with E-state index in [4.69, 9.17) is 10.5 Å². The Bertz CT molecular complexity index is 811. The summed E-state index contributed by atoms with van der Waals surface area (Å²) in [4.78, 5) is 12.4. The zero-order valence-corrected chi connectivity index (χ0v) is 12.2. The van der Waals surface area contributed by atoms with Crippen LogP contribution in [0.2, 0.25) is 0 Å². The first-order valence-corrected chi connectivity index (χ1v) is 7.28. The second kappa shape index (κ2) is 5.46. The van der Waals surface area contributed by atoms with Crippen molar-refractivity contribution in [1.82, 2.24) is 0 Å². The first kappa shape index (κ1) is 13.5.